The van der Waals surface area contributed by atoms with E-state index in [9.17, 15) is 19.2 Å². The zero-order valence-corrected chi connectivity index (χ0v) is 34.3. The summed E-state index contributed by atoms with van der Waals surface area (Å²) >= 11 is 13.6. The van der Waals surface area contributed by atoms with Gasteiger partial charge < -0.3 is 26.2 Å². The molecule has 7 rings (SSSR count). The molecule has 5 amide bonds. The van der Waals surface area contributed by atoms with Crippen molar-refractivity contribution in [2.45, 2.75) is 31.7 Å². The van der Waals surface area contributed by atoms with Crippen molar-refractivity contribution in [3.63, 3.8) is 0 Å². The molecular formula is C44H40Cl2N8O4S. The van der Waals surface area contributed by atoms with Crippen molar-refractivity contribution in [3.05, 3.63) is 141 Å². The number of amidine groups is 1. The van der Waals surface area contributed by atoms with Gasteiger partial charge in [-0.1, -0.05) is 114 Å². The number of terminal acetylenes is 1. The Morgan fingerprint density at radius 2 is 1.68 bits per heavy atom. The maximum atomic E-state index is 14.6. The van der Waals surface area contributed by atoms with E-state index in [4.69, 9.17) is 35.4 Å². The fourth-order valence-electron chi connectivity index (χ4n) is 7.37. The smallest absolute Gasteiger partial charge is 0.333 e. The van der Waals surface area contributed by atoms with Crippen molar-refractivity contribution < 1.29 is 19.2 Å². The van der Waals surface area contributed by atoms with Gasteiger partial charge in [-0.15, -0.1) is 6.42 Å². The molecule has 5 aromatic carbocycles. The molecule has 2 aliphatic heterocycles. The highest BCUT2D eigenvalue weighted by Crippen LogP contribution is 2.32. The summed E-state index contributed by atoms with van der Waals surface area (Å²) in [6.07, 6.45) is 7.05. The van der Waals surface area contributed by atoms with Gasteiger partial charge in [-0.3, -0.25) is 14.4 Å². The topological polar surface area (TPSA) is 144 Å². The molecule has 5 aromatic rings. The highest BCUT2D eigenvalue weighted by Gasteiger charge is 2.52. The number of hydrogen-bond donors (Lipinski definition) is 3. The lowest BCUT2D eigenvalue weighted by Crippen LogP contribution is -2.66. The Bertz CT molecular complexity index is 2490. The van der Waals surface area contributed by atoms with Gasteiger partial charge in [-0.2, -0.15) is 5.01 Å². The van der Waals surface area contributed by atoms with Crippen LogP contribution < -0.4 is 16.4 Å². The van der Waals surface area contributed by atoms with E-state index in [2.05, 4.69) is 21.5 Å². The van der Waals surface area contributed by atoms with E-state index in [-0.39, 0.29) is 56.9 Å². The number of amides is 5. The summed E-state index contributed by atoms with van der Waals surface area (Å²) in [4.78, 5) is 63.6. The lowest BCUT2D eigenvalue weighted by molar-refractivity contribution is -0.157. The second kappa shape index (κ2) is 18.3. The molecule has 59 heavy (non-hydrogen) atoms. The number of fused-ring (bicyclic) bond motifs is 2. The van der Waals surface area contributed by atoms with E-state index >= 15 is 0 Å². The SMILES string of the molecule is C#CCN(C(=O)NCc1ccc(Cl)c(Cl)c1)N1CC(=O)N2[C@@H](Cc3ccc(NC(=O)c4cccc5ccccc45)cc3)C(=O)N(Cc3ccccc3/N=C(/N)SC)C[C@@H]21. The maximum Gasteiger partial charge on any atom is 0.333 e. The third-order valence-electron chi connectivity index (χ3n) is 10.2. The van der Waals surface area contributed by atoms with E-state index in [0.29, 0.717) is 37.7 Å². The fourth-order valence-corrected chi connectivity index (χ4v) is 7.88. The molecule has 0 bridgehead atoms. The Labute approximate surface area is 356 Å². The molecule has 2 aliphatic rings. The zero-order chi connectivity index (χ0) is 41.6. The van der Waals surface area contributed by atoms with Gasteiger partial charge in [0, 0.05) is 30.8 Å². The Hall–Kier alpha value is -6.04. The molecule has 2 fully saturated rings. The average molecular weight is 848 g/mol. The van der Waals surface area contributed by atoms with Crippen LogP contribution in [0.2, 0.25) is 10.0 Å². The molecule has 0 aromatic heterocycles. The first-order valence-corrected chi connectivity index (χ1v) is 20.7. The second-order valence-electron chi connectivity index (χ2n) is 13.9. The number of hydrogen-bond acceptors (Lipinski definition) is 7. The number of benzene rings is 5. The predicted octanol–water partition coefficient (Wildman–Crippen LogP) is 6.89. The first kappa shape index (κ1) is 41.1. The van der Waals surface area contributed by atoms with Crippen LogP contribution in [0.25, 0.3) is 10.8 Å². The number of nitrogens with two attached hydrogens (primary N) is 1. The van der Waals surface area contributed by atoms with E-state index < -0.39 is 18.2 Å². The number of para-hydroxylation sites is 1. The highest BCUT2D eigenvalue weighted by atomic mass is 35.5. The summed E-state index contributed by atoms with van der Waals surface area (Å²) in [5.41, 5.74) is 10.1. The number of piperazine rings is 1. The van der Waals surface area contributed by atoms with Gasteiger partial charge in [-0.25, -0.2) is 14.8 Å². The van der Waals surface area contributed by atoms with Crippen LogP contribution in [0.3, 0.4) is 0 Å². The number of anilines is 1. The highest BCUT2D eigenvalue weighted by molar-refractivity contribution is 8.13. The summed E-state index contributed by atoms with van der Waals surface area (Å²) < 4.78 is 0. The predicted molar refractivity (Wildman–Crippen MR) is 234 cm³/mol. The van der Waals surface area contributed by atoms with Gasteiger partial charge in [0.2, 0.25) is 11.8 Å². The molecule has 12 nitrogen and oxygen atoms in total. The quantitative estimate of drug-likeness (QED) is 0.0747. The molecule has 15 heteroatoms. The van der Waals surface area contributed by atoms with Crippen molar-refractivity contribution in [2.24, 2.45) is 10.7 Å². The van der Waals surface area contributed by atoms with Crippen LogP contribution in [0.4, 0.5) is 16.2 Å². The van der Waals surface area contributed by atoms with Crippen LogP contribution in [0.5, 0.6) is 0 Å². The summed E-state index contributed by atoms with van der Waals surface area (Å²) in [6, 6.07) is 31.5. The summed E-state index contributed by atoms with van der Waals surface area (Å²) in [5.74, 6) is 1.70. The number of halogens is 2. The van der Waals surface area contributed by atoms with Crippen molar-refractivity contribution in [1.29, 1.82) is 0 Å². The zero-order valence-electron chi connectivity index (χ0n) is 32.0. The lowest BCUT2D eigenvalue weighted by atomic mass is 9.99. The minimum Gasteiger partial charge on any atom is -0.378 e. The van der Waals surface area contributed by atoms with E-state index in [1.54, 1.807) is 51.2 Å². The summed E-state index contributed by atoms with van der Waals surface area (Å²) in [6.45, 7) is 0.0443. The minimum atomic E-state index is -0.929. The molecule has 2 heterocycles. The Morgan fingerprint density at radius 1 is 0.949 bits per heavy atom. The number of urea groups is 1. The number of aliphatic imine (C=N–C) groups is 1. The molecule has 0 unspecified atom stereocenters. The number of nitrogens with zero attached hydrogens (tertiary/aromatic N) is 5. The number of thioether (sulfide) groups is 1. The summed E-state index contributed by atoms with van der Waals surface area (Å²) in [7, 11) is 0. The molecule has 300 valence electrons. The van der Waals surface area contributed by atoms with E-state index in [0.717, 1.165) is 21.9 Å². The second-order valence-corrected chi connectivity index (χ2v) is 15.6. The molecule has 0 spiro atoms. The van der Waals surface area contributed by atoms with Gasteiger partial charge in [0.25, 0.3) is 5.91 Å². The molecule has 4 N–H and O–H groups in total. The number of rotatable bonds is 11. The molecule has 0 aliphatic carbocycles. The van der Waals surface area contributed by atoms with E-state index in [1.807, 2.05) is 79.1 Å². The van der Waals surface area contributed by atoms with Crippen LogP contribution in [0.1, 0.15) is 27.0 Å². The monoisotopic (exact) mass is 846 g/mol. The van der Waals surface area contributed by atoms with Crippen molar-refractivity contribution in [1.82, 2.24) is 25.1 Å². The minimum absolute atomic E-state index is 0.0808. The Balaban J connectivity index is 1.16. The standard InChI is InChI=1S/C44H40Cl2N8O4S/c1-3-21-52(44(58)48-24-29-17-20-35(45)36(46)22-29)53-27-40(55)54-38(42(57)51(26-39(53)54)25-31-10-5-7-14-37(31)50-43(47)59-2)23-28-15-18-32(19-16-28)49-41(56)34-13-8-11-30-9-4-6-12-33(30)34/h1,4-20,22,38-39H,21,23-27H2,2H3,(H2,47,50)(H,48,58)(H,49,56)/t38-,39+/m0/s1. The van der Waals surface area contributed by atoms with Gasteiger partial charge in [0.05, 0.1) is 35.4 Å². The first-order chi connectivity index (χ1) is 28.5. The average Bonchev–Trinajstić information content (AvgIpc) is 3.57. The molecule has 0 radical (unpaired) electrons. The largest absolute Gasteiger partial charge is 0.378 e. The Kier molecular flexibility index (Phi) is 12.7. The maximum absolute atomic E-state index is 14.6. The van der Waals surface area contributed by atoms with Crippen molar-refractivity contribution >= 4 is 86.0 Å². The molecule has 0 saturated carbocycles. The van der Waals surface area contributed by atoms with Crippen molar-refractivity contribution in [2.75, 3.05) is 31.2 Å². The lowest BCUT2D eigenvalue weighted by Gasteiger charge is -2.46. The van der Waals surface area contributed by atoms with Crippen LogP contribution in [-0.2, 0) is 29.1 Å². The van der Waals surface area contributed by atoms with Crippen LogP contribution in [0, 0.1) is 12.3 Å². The number of carbonyl (C=O) groups is 4. The van der Waals surface area contributed by atoms with Crippen LogP contribution in [0.15, 0.2) is 114 Å². The fraction of sp³-hybridized carbons (Fsp3) is 0.205. The third-order valence-corrected chi connectivity index (χ3v) is 11.5. The number of hydrazine groups is 1. The van der Waals surface area contributed by atoms with Gasteiger partial charge in [-0.05, 0) is 70.1 Å². The molecule has 2 saturated heterocycles. The van der Waals surface area contributed by atoms with E-state index in [1.165, 1.54) is 16.8 Å². The molecule has 2 atom stereocenters. The number of nitrogens with one attached hydrogen (secondary N) is 2. The van der Waals surface area contributed by atoms with Gasteiger partial charge >= 0.3 is 6.03 Å². The van der Waals surface area contributed by atoms with Crippen LogP contribution >= 0.6 is 35.0 Å². The van der Waals surface area contributed by atoms with Gasteiger partial charge in [0.15, 0.2) is 5.17 Å². The summed E-state index contributed by atoms with van der Waals surface area (Å²) in [5, 5.41) is 11.7. The molecular weight excluding hydrogens is 808 g/mol. The van der Waals surface area contributed by atoms with Gasteiger partial charge in [0.1, 0.15) is 12.2 Å². The Morgan fingerprint density at radius 3 is 2.44 bits per heavy atom. The normalized spacial score (nSPS) is 16.8. The third kappa shape index (κ3) is 9.16. The first-order valence-electron chi connectivity index (χ1n) is 18.7. The number of carbonyl (C=O) groups excluding carboxylic acids is 4. The van der Waals surface area contributed by atoms with Crippen LogP contribution in [-0.4, -0.2) is 86.8 Å². The van der Waals surface area contributed by atoms with Crippen molar-refractivity contribution in [3.8, 4) is 12.3 Å².